The van der Waals surface area contributed by atoms with Crippen LogP contribution in [0.1, 0.15) is 17.0 Å². The Hall–Kier alpha value is -1.35. The molecule has 14 heavy (non-hydrogen) atoms. The molecule has 2 rings (SSSR count). The van der Waals surface area contributed by atoms with E-state index in [1.165, 1.54) is 7.11 Å². The molecular formula is C11H13NO2. The van der Waals surface area contributed by atoms with Gasteiger partial charge in [0, 0.05) is 6.04 Å². The van der Waals surface area contributed by atoms with Crippen LogP contribution in [-0.2, 0) is 16.0 Å². The van der Waals surface area contributed by atoms with Gasteiger partial charge in [0.05, 0.1) is 13.0 Å². The maximum absolute atomic E-state index is 11.5. The summed E-state index contributed by atoms with van der Waals surface area (Å²) in [7, 11) is 1.40. The summed E-state index contributed by atoms with van der Waals surface area (Å²) >= 11 is 0. The van der Waals surface area contributed by atoms with Crippen molar-refractivity contribution in [3.63, 3.8) is 0 Å². The second kappa shape index (κ2) is 3.42. The molecule has 2 atom stereocenters. The van der Waals surface area contributed by atoms with Gasteiger partial charge in [0.25, 0.3) is 0 Å². The van der Waals surface area contributed by atoms with Gasteiger partial charge in [0.2, 0.25) is 0 Å². The number of benzene rings is 1. The predicted molar refractivity (Wildman–Crippen MR) is 52.9 cm³/mol. The van der Waals surface area contributed by atoms with Crippen LogP contribution >= 0.6 is 0 Å². The standard InChI is InChI=1S/C11H13NO2/c1-14-11(13)10-8-5-3-2-4-7(8)6-9(10)12/h2-5,9-10H,6,12H2,1H3. The molecule has 0 aromatic heterocycles. The number of carbonyl (C=O) groups is 1. The molecule has 1 aliphatic rings. The first kappa shape index (κ1) is 9.21. The maximum atomic E-state index is 11.5. The largest absolute Gasteiger partial charge is 0.469 e. The van der Waals surface area contributed by atoms with Crippen molar-refractivity contribution in [3.8, 4) is 0 Å². The smallest absolute Gasteiger partial charge is 0.314 e. The fourth-order valence-corrected chi connectivity index (χ4v) is 2.05. The number of ether oxygens (including phenoxy) is 1. The molecule has 1 aliphatic carbocycles. The van der Waals surface area contributed by atoms with Crippen molar-refractivity contribution in [3.05, 3.63) is 35.4 Å². The summed E-state index contributed by atoms with van der Waals surface area (Å²) in [5, 5.41) is 0. The van der Waals surface area contributed by atoms with Crippen molar-refractivity contribution in [1.29, 1.82) is 0 Å². The molecule has 0 saturated heterocycles. The second-order valence-corrected chi connectivity index (χ2v) is 3.57. The Morgan fingerprint density at radius 1 is 1.50 bits per heavy atom. The molecule has 2 N–H and O–H groups in total. The highest BCUT2D eigenvalue weighted by molar-refractivity contribution is 5.80. The van der Waals surface area contributed by atoms with Gasteiger partial charge in [-0.25, -0.2) is 0 Å². The van der Waals surface area contributed by atoms with Crippen LogP contribution in [-0.4, -0.2) is 19.1 Å². The molecule has 0 fully saturated rings. The van der Waals surface area contributed by atoms with Gasteiger partial charge in [-0.3, -0.25) is 4.79 Å². The second-order valence-electron chi connectivity index (χ2n) is 3.57. The summed E-state index contributed by atoms with van der Waals surface area (Å²) in [5.41, 5.74) is 8.09. The number of hydrogen-bond donors (Lipinski definition) is 1. The lowest BCUT2D eigenvalue weighted by Crippen LogP contribution is -2.31. The highest BCUT2D eigenvalue weighted by Gasteiger charge is 2.35. The van der Waals surface area contributed by atoms with E-state index in [0.29, 0.717) is 0 Å². The van der Waals surface area contributed by atoms with E-state index in [0.717, 1.165) is 17.5 Å². The zero-order valence-corrected chi connectivity index (χ0v) is 8.07. The Balaban J connectivity index is 2.39. The van der Waals surface area contributed by atoms with Crippen LogP contribution in [0.15, 0.2) is 24.3 Å². The Kier molecular flexibility index (Phi) is 2.25. The molecule has 0 heterocycles. The molecule has 1 aromatic carbocycles. The van der Waals surface area contributed by atoms with Crippen molar-refractivity contribution in [2.75, 3.05) is 7.11 Å². The zero-order chi connectivity index (χ0) is 10.1. The van der Waals surface area contributed by atoms with E-state index in [2.05, 4.69) is 0 Å². The zero-order valence-electron chi connectivity index (χ0n) is 8.07. The number of nitrogens with two attached hydrogens (primary N) is 1. The first-order chi connectivity index (χ1) is 6.74. The summed E-state index contributed by atoms with van der Waals surface area (Å²) in [5.74, 6) is -0.515. The summed E-state index contributed by atoms with van der Waals surface area (Å²) < 4.78 is 4.74. The van der Waals surface area contributed by atoms with Gasteiger partial charge in [-0.05, 0) is 17.5 Å². The van der Waals surface area contributed by atoms with Gasteiger partial charge < -0.3 is 10.5 Å². The lowest BCUT2D eigenvalue weighted by molar-refractivity contribution is -0.142. The molecule has 0 radical (unpaired) electrons. The first-order valence-corrected chi connectivity index (χ1v) is 4.65. The van der Waals surface area contributed by atoms with Crippen LogP contribution in [0, 0.1) is 0 Å². The lowest BCUT2D eigenvalue weighted by Gasteiger charge is -2.13. The third kappa shape index (κ3) is 1.30. The average Bonchev–Trinajstić information content (AvgIpc) is 2.53. The fourth-order valence-electron chi connectivity index (χ4n) is 2.05. The number of rotatable bonds is 1. The van der Waals surface area contributed by atoms with Crippen LogP contribution in [0.4, 0.5) is 0 Å². The quantitative estimate of drug-likeness (QED) is 0.669. The molecule has 0 spiro atoms. The van der Waals surface area contributed by atoms with Crippen LogP contribution in [0.5, 0.6) is 0 Å². The third-order valence-electron chi connectivity index (χ3n) is 2.73. The number of methoxy groups -OCH3 is 1. The third-order valence-corrected chi connectivity index (χ3v) is 2.73. The van der Waals surface area contributed by atoms with Crippen LogP contribution in [0.3, 0.4) is 0 Å². The van der Waals surface area contributed by atoms with E-state index >= 15 is 0 Å². The van der Waals surface area contributed by atoms with Gasteiger partial charge in [0.15, 0.2) is 0 Å². The average molecular weight is 191 g/mol. The van der Waals surface area contributed by atoms with Crippen molar-refractivity contribution in [2.24, 2.45) is 5.73 Å². The van der Waals surface area contributed by atoms with E-state index in [1.54, 1.807) is 0 Å². The Bertz CT molecular complexity index is 362. The molecule has 2 unspecified atom stereocenters. The van der Waals surface area contributed by atoms with Crippen LogP contribution < -0.4 is 5.73 Å². The van der Waals surface area contributed by atoms with Gasteiger partial charge in [-0.15, -0.1) is 0 Å². The van der Waals surface area contributed by atoms with Gasteiger partial charge in [-0.2, -0.15) is 0 Å². The highest BCUT2D eigenvalue weighted by atomic mass is 16.5. The summed E-state index contributed by atoms with van der Waals surface area (Å²) in [6.07, 6.45) is 0.760. The van der Waals surface area contributed by atoms with Crippen molar-refractivity contribution in [2.45, 2.75) is 18.4 Å². The minimum atomic E-state index is -0.281. The molecule has 74 valence electrons. The number of hydrogen-bond acceptors (Lipinski definition) is 3. The van der Waals surface area contributed by atoms with E-state index < -0.39 is 0 Å². The normalized spacial score (nSPS) is 24.4. The minimum Gasteiger partial charge on any atom is -0.469 e. The summed E-state index contributed by atoms with van der Waals surface area (Å²) in [6.45, 7) is 0. The number of fused-ring (bicyclic) bond motifs is 1. The molecule has 3 nitrogen and oxygen atoms in total. The monoisotopic (exact) mass is 191 g/mol. The van der Waals surface area contributed by atoms with Crippen molar-refractivity contribution < 1.29 is 9.53 Å². The van der Waals surface area contributed by atoms with Crippen LogP contribution in [0.25, 0.3) is 0 Å². The molecule has 0 saturated carbocycles. The Labute approximate surface area is 82.9 Å². The molecule has 0 aliphatic heterocycles. The molecule has 0 amide bonds. The van der Waals surface area contributed by atoms with Gasteiger partial charge >= 0.3 is 5.97 Å². The van der Waals surface area contributed by atoms with E-state index in [9.17, 15) is 4.79 Å². The van der Waals surface area contributed by atoms with Gasteiger partial charge in [0.1, 0.15) is 0 Å². The predicted octanol–water partition coefficient (Wildman–Crippen LogP) is 0.827. The molecule has 0 bridgehead atoms. The topological polar surface area (TPSA) is 52.3 Å². The summed E-state index contributed by atoms with van der Waals surface area (Å²) in [6, 6.07) is 7.71. The molecule has 1 aromatic rings. The summed E-state index contributed by atoms with van der Waals surface area (Å²) in [4.78, 5) is 11.5. The highest BCUT2D eigenvalue weighted by Crippen LogP contribution is 2.32. The van der Waals surface area contributed by atoms with Crippen molar-refractivity contribution >= 4 is 5.97 Å². The van der Waals surface area contributed by atoms with E-state index in [1.807, 2.05) is 24.3 Å². The lowest BCUT2D eigenvalue weighted by atomic mass is 9.99. The van der Waals surface area contributed by atoms with Crippen LogP contribution in [0.2, 0.25) is 0 Å². The van der Waals surface area contributed by atoms with Crippen molar-refractivity contribution in [1.82, 2.24) is 0 Å². The SMILES string of the molecule is COC(=O)C1c2ccccc2CC1N. The molecule has 3 heteroatoms. The number of carbonyl (C=O) groups excluding carboxylic acids is 1. The number of esters is 1. The fraction of sp³-hybridized carbons (Fsp3) is 0.364. The molecular weight excluding hydrogens is 178 g/mol. The minimum absolute atomic E-state index is 0.139. The maximum Gasteiger partial charge on any atom is 0.314 e. The first-order valence-electron chi connectivity index (χ1n) is 4.65. The van der Waals surface area contributed by atoms with E-state index in [-0.39, 0.29) is 17.9 Å². The van der Waals surface area contributed by atoms with E-state index in [4.69, 9.17) is 10.5 Å². The Morgan fingerprint density at radius 3 is 2.93 bits per heavy atom. The Morgan fingerprint density at radius 2 is 2.21 bits per heavy atom. The van der Waals surface area contributed by atoms with Gasteiger partial charge in [-0.1, -0.05) is 24.3 Å².